The second-order valence-corrected chi connectivity index (χ2v) is 7.43. The SMILES string of the molecule is CN=C(NCc1csc(N(C)C)n1)N1CCN(c2cccc(OC)c2)CC1. The number of rotatable bonds is 5. The van der Waals surface area contributed by atoms with Crippen molar-refractivity contribution >= 4 is 28.1 Å². The van der Waals surface area contributed by atoms with E-state index in [-0.39, 0.29) is 0 Å². The second kappa shape index (κ2) is 8.94. The van der Waals surface area contributed by atoms with Crippen LogP contribution in [0.25, 0.3) is 0 Å². The fraction of sp³-hybridized carbons (Fsp3) is 0.474. The topological polar surface area (TPSA) is 56.2 Å². The molecule has 1 saturated heterocycles. The molecule has 0 atom stereocenters. The normalized spacial score (nSPS) is 15.0. The number of nitrogens with zero attached hydrogens (tertiary/aromatic N) is 5. The van der Waals surface area contributed by atoms with E-state index in [1.165, 1.54) is 5.69 Å². The summed E-state index contributed by atoms with van der Waals surface area (Å²) in [6, 6.07) is 8.24. The standard InChI is InChI=1S/C19H28N6OS/c1-20-18(21-13-15-14-27-19(22-15)23(2)3)25-10-8-24(9-11-25)16-6-5-7-17(12-16)26-4/h5-7,12,14H,8-11,13H2,1-4H3,(H,20,21). The summed E-state index contributed by atoms with van der Waals surface area (Å²) < 4.78 is 5.34. The fourth-order valence-corrected chi connectivity index (χ4v) is 3.83. The van der Waals surface area contributed by atoms with E-state index in [1.807, 2.05) is 38.2 Å². The van der Waals surface area contributed by atoms with E-state index < -0.39 is 0 Å². The number of aliphatic imine (C=N–C) groups is 1. The number of anilines is 2. The van der Waals surface area contributed by atoms with Gasteiger partial charge in [0.2, 0.25) is 0 Å². The van der Waals surface area contributed by atoms with Crippen LogP contribution >= 0.6 is 11.3 Å². The largest absolute Gasteiger partial charge is 0.497 e. The van der Waals surface area contributed by atoms with Gasteiger partial charge >= 0.3 is 0 Å². The van der Waals surface area contributed by atoms with E-state index in [4.69, 9.17) is 4.74 Å². The number of ether oxygens (including phenoxy) is 1. The third-order valence-electron chi connectivity index (χ3n) is 4.56. The fourth-order valence-electron chi connectivity index (χ4n) is 3.07. The quantitative estimate of drug-likeness (QED) is 0.625. The summed E-state index contributed by atoms with van der Waals surface area (Å²) in [4.78, 5) is 15.8. The highest BCUT2D eigenvalue weighted by Gasteiger charge is 2.20. The number of guanidine groups is 1. The molecule has 0 unspecified atom stereocenters. The summed E-state index contributed by atoms with van der Waals surface area (Å²) >= 11 is 1.66. The highest BCUT2D eigenvalue weighted by molar-refractivity contribution is 7.13. The third kappa shape index (κ3) is 4.82. The number of thiazole rings is 1. The van der Waals surface area contributed by atoms with Crippen molar-refractivity contribution < 1.29 is 4.74 Å². The average molecular weight is 389 g/mol. The van der Waals surface area contributed by atoms with Crippen molar-refractivity contribution in [3.8, 4) is 5.75 Å². The summed E-state index contributed by atoms with van der Waals surface area (Å²) in [7, 11) is 7.56. The first-order chi connectivity index (χ1) is 13.1. The molecule has 1 aliphatic rings. The maximum atomic E-state index is 5.34. The van der Waals surface area contributed by atoms with E-state index in [0.717, 1.165) is 48.7 Å². The lowest BCUT2D eigenvalue weighted by molar-refractivity contribution is 0.371. The van der Waals surface area contributed by atoms with Crippen LogP contribution < -0.4 is 19.9 Å². The summed E-state index contributed by atoms with van der Waals surface area (Å²) in [5.41, 5.74) is 2.25. The van der Waals surface area contributed by atoms with E-state index in [0.29, 0.717) is 6.54 Å². The van der Waals surface area contributed by atoms with Crippen molar-refractivity contribution in [3.63, 3.8) is 0 Å². The number of piperazine rings is 1. The van der Waals surface area contributed by atoms with Gasteiger partial charge in [0.15, 0.2) is 11.1 Å². The lowest BCUT2D eigenvalue weighted by atomic mass is 10.2. The molecule has 0 bridgehead atoms. The first-order valence-corrected chi connectivity index (χ1v) is 9.95. The van der Waals surface area contributed by atoms with Gasteiger partial charge in [-0.3, -0.25) is 4.99 Å². The summed E-state index contributed by atoms with van der Waals surface area (Å²) in [6.07, 6.45) is 0. The first-order valence-electron chi connectivity index (χ1n) is 9.07. The molecule has 1 N–H and O–H groups in total. The van der Waals surface area contributed by atoms with Crippen molar-refractivity contribution in [2.24, 2.45) is 4.99 Å². The van der Waals surface area contributed by atoms with Gasteiger partial charge in [0.05, 0.1) is 19.3 Å². The van der Waals surface area contributed by atoms with Gasteiger partial charge in [-0.2, -0.15) is 0 Å². The number of aromatic nitrogens is 1. The minimum absolute atomic E-state index is 0.688. The minimum Gasteiger partial charge on any atom is -0.497 e. The number of hydrogen-bond donors (Lipinski definition) is 1. The Morgan fingerprint density at radius 2 is 2.07 bits per heavy atom. The zero-order valence-electron chi connectivity index (χ0n) is 16.5. The molecule has 7 nitrogen and oxygen atoms in total. The van der Waals surface area contributed by atoms with Crippen molar-refractivity contribution in [2.45, 2.75) is 6.54 Å². The molecule has 2 heterocycles. The van der Waals surface area contributed by atoms with Crippen molar-refractivity contribution in [2.75, 3.05) is 64.2 Å². The molecular formula is C19H28N6OS. The Kier molecular flexibility index (Phi) is 6.39. The van der Waals surface area contributed by atoms with Gasteiger partial charge < -0.3 is 24.8 Å². The predicted octanol–water partition coefficient (Wildman–Crippen LogP) is 2.12. The Morgan fingerprint density at radius 1 is 1.30 bits per heavy atom. The molecule has 27 heavy (non-hydrogen) atoms. The molecule has 1 aromatic carbocycles. The lowest BCUT2D eigenvalue weighted by Crippen LogP contribution is -2.52. The summed E-state index contributed by atoms with van der Waals surface area (Å²) in [5, 5.41) is 6.56. The lowest BCUT2D eigenvalue weighted by Gasteiger charge is -2.37. The highest BCUT2D eigenvalue weighted by Crippen LogP contribution is 2.22. The van der Waals surface area contributed by atoms with Crippen LogP contribution in [-0.2, 0) is 6.54 Å². The Morgan fingerprint density at radius 3 is 2.70 bits per heavy atom. The van der Waals surface area contributed by atoms with E-state index in [1.54, 1.807) is 18.4 Å². The van der Waals surface area contributed by atoms with Gasteiger partial charge in [0, 0.05) is 64.5 Å². The second-order valence-electron chi connectivity index (χ2n) is 6.59. The Labute approximate surface area is 165 Å². The number of methoxy groups -OCH3 is 1. The van der Waals surface area contributed by atoms with Gasteiger partial charge in [-0.1, -0.05) is 6.07 Å². The third-order valence-corrected chi connectivity index (χ3v) is 5.62. The number of nitrogens with one attached hydrogen (secondary N) is 1. The molecule has 0 saturated carbocycles. The maximum absolute atomic E-state index is 5.34. The maximum Gasteiger partial charge on any atom is 0.194 e. The van der Waals surface area contributed by atoms with Gasteiger partial charge in [-0.25, -0.2) is 4.98 Å². The van der Waals surface area contributed by atoms with Crippen molar-refractivity contribution in [3.05, 3.63) is 35.3 Å². The van der Waals surface area contributed by atoms with Crippen LogP contribution in [0.1, 0.15) is 5.69 Å². The van der Waals surface area contributed by atoms with Crippen molar-refractivity contribution in [1.29, 1.82) is 0 Å². The smallest absolute Gasteiger partial charge is 0.194 e. The van der Waals surface area contributed by atoms with Gasteiger partial charge in [-0.05, 0) is 12.1 Å². The zero-order chi connectivity index (χ0) is 19.2. The molecular weight excluding hydrogens is 360 g/mol. The van der Waals surface area contributed by atoms with Crippen LogP contribution in [0.4, 0.5) is 10.8 Å². The molecule has 8 heteroatoms. The molecule has 0 radical (unpaired) electrons. The molecule has 1 fully saturated rings. The summed E-state index contributed by atoms with van der Waals surface area (Å²) in [6.45, 7) is 4.45. The molecule has 3 rings (SSSR count). The highest BCUT2D eigenvalue weighted by atomic mass is 32.1. The molecule has 0 amide bonds. The van der Waals surface area contributed by atoms with Crippen LogP contribution in [0.3, 0.4) is 0 Å². The van der Waals surface area contributed by atoms with Crippen LogP contribution in [-0.4, -0.2) is 70.3 Å². The molecule has 2 aromatic rings. The molecule has 1 aromatic heterocycles. The van der Waals surface area contributed by atoms with Gasteiger partial charge in [-0.15, -0.1) is 11.3 Å². The van der Waals surface area contributed by atoms with Gasteiger partial charge in [0.1, 0.15) is 5.75 Å². The Balaban J connectivity index is 1.53. The van der Waals surface area contributed by atoms with Crippen LogP contribution in [0.15, 0.2) is 34.6 Å². The molecule has 0 spiro atoms. The zero-order valence-corrected chi connectivity index (χ0v) is 17.3. The minimum atomic E-state index is 0.688. The van der Waals surface area contributed by atoms with Crippen molar-refractivity contribution in [1.82, 2.24) is 15.2 Å². The van der Waals surface area contributed by atoms with E-state index >= 15 is 0 Å². The molecule has 0 aliphatic carbocycles. The summed E-state index contributed by atoms with van der Waals surface area (Å²) in [5.74, 6) is 1.83. The first kappa shape index (κ1) is 19.3. The van der Waals surface area contributed by atoms with Gasteiger partial charge in [0.25, 0.3) is 0 Å². The molecule has 1 aliphatic heterocycles. The number of benzene rings is 1. The Bertz CT molecular complexity index is 767. The van der Waals surface area contributed by atoms with Crippen LogP contribution in [0, 0.1) is 0 Å². The molecule has 146 valence electrons. The van der Waals surface area contributed by atoms with E-state index in [2.05, 4.69) is 42.6 Å². The van der Waals surface area contributed by atoms with Crippen LogP contribution in [0.5, 0.6) is 5.75 Å². The number of hydrogen-bond acceptors (Lipinski definition) is 6. The predicted molar refractivity (Wildman–Crippen MR) is 113 cm³/mol. The van der Waals surface area contributed by atoms with E-state index in [9.17, 15) is 0 Å². The Hall–Kier alpha value is -2.48. The van der Waals surface area contributed by atoms with Crippen LogP contribution in [0.2, 0.25) is 0 Å². The average Bonchev–Trinajstić information content (AvgIpc) is 3.18. The monoisotopic (exact) mass is 388 g/mol.